The van der Waals surface area contributed by atoms with Crippen molar-refractivity contribution in [2.45, 2.75) is 90.0 Å². The summed E-state index contributed by atoms with van der Waals surface area (Å²) in [4.78, 5) is 46.6. The van der Waals surface area contributed by atoms with E-state index in [1.807, 2.05) is 40.1 Å². The number of nitrogens with zero attached hydrogens (tertiary/aromatic N) is 3. The molecule has 3 aliphatic rings. The first-order valence-electron chi connectivity index (χ1n) is 15.9. The lowest BCUT2D eigenvalue weighted by Crippen LogP contribution is -2.48. The van der Waals surface area contributed by atoms with Gasteiger partial charge in [0.05, 0.1) is 18.3 Å². The number of para-hydroxylation sites is 1. The van der Waals surface area contributed by atoms with Gasteiger partial charge < -0.3 is 19.9 Å². The number of likely N-dealkylation sites (tertiary alicyclic amines) is 2. The van der Waals surface area contributed by atoms with Crippen LogP contribution in [0.4, 0.5) is 0 Å². The van der Waals surface area contributed by atoms with Crippen molar-refractivity contribution in [3.63, 3.8) is 0 Å². The molecule has 0 radical (unpaired) electrons. The van der Waals surface area contributed by atoms with Gasteiger partial charge in [0, 0.05) is 51.6 Å². The third-order valence-electron chi connectivity index (χ3n) is 9.44. The lowest BCUT2D eigenvalue weighted by molar-refractivity contribution is -0.134. The summed E-state index contributed by atoms with van der Waals surface area (Å²) < 4.78 is 5.98. The Morgan fingerprint density at radius 2 is 1.81 bits per heavy atom. The van der Waals surface area contributed by atoms with Crippen molar-refractivity contribution in [2.24, 2.45) is 5.41 Å². The second-order valence-electron chi connectivity index (χ2n) is 12.3. The number of hydrogen-bond acceptors (Lipinski definition) is 5. The van der Waals surface area contributed by atoms with Gasteiger partial charge in [-0.25, -0.2) is 0 Å². The van der Waals surface area contributed by atoms with E-state index in [-0.39, 0.29) is 29.2 Å². The minimum absolute atomic E-state index is 0.0341. The number of piperidine rings is 1. The summed E-state index contributed by atoms with van der Waals surface area (Å²) in [7, 11) is 0. The maximum atomic E-state index is 13.2. The molecule has 1 unspecified atom stereocenters. The van der Waals surface area contributed by atoms with Gasteiger partial charge in [0.15, 0.2) is 0 Å². The quantitative estimate of drug-likeness (QED) is 0.555. The van der Waals surface area contributed by atoms with Gasteiger partial charge in [0.25, 0.3) is 0 Å². The fourth-order valence-corrected chi connectivity index (χ4v) is 6.87. The maximum Gasteiger partial charge on any atom is 0.222 e. The Morgan fingerprint density at radius 1 is 0.976 bits per heavy atom. The number of fused-ring (bicyclic) bond motifs is 1. The molecule has 0 bridgehead atoms. The summed E-state index contributed by atoms with van der Waals surface area (Å²) in [5.74, 6) is 1.29. The van der Waals surface area contributed by atoms with Gasteiger partial charge in [0.2, 0.25) is 17.7 Å². The number of rotatable bonds is 4. The Hall–Kier alpha value is -3.42. The number of ether oxygens (including phenoxy) is 1. The molecule has 42 heavy (non-hydrogen) atoms. The molecule has 3 aliphatic heterocycles. The van der Waals surface area contributed by atoms with Gasteiger partial charge in [-0.1, -0.05) is 30.7 Å². The number of amides is 3. The van der Waals surface area contributed by atoms with Gasteiger partial charge >= 0.3 is 0 Å². The van der Waals surface area contributed by atoms with E-state index in [4.69, 9.17) is 9.72 Å². The number of aromatic nitrogens is 1. The van der Waals surface area contributed by atoms with E-state index in [0.717, 1.165) is 88.1 Å². The van der Waals surface area contributed by atoms with Crippen molar-refractivity contribution in [2.75, 3.05) is 32.8 Å². The number of nitrogens with one attached hydrogen (secondary N) is 1. The predicted octanol–water partition coefficient (Wildman–Crippen LogP) is 5.01. The second kappa shape index (κ2) is 14.2. The van der Waals surface area contributed by atoms with Crippen molar-refractivity contribution in [1.29, 1.82) is 0 Å². The Balaban J connectivity index is 1.15. The number of hydrogen-bond donors (Lipinski definition) is 1. The number of carbonyl (C=O) groups excluding carboxylic acids is 3. The minimum Gasteiger partial charge on any atom is -0.493 e. The van der Waals surface area contributed by atoms with Crippen LogP contribution >= 0.6 is 0 Å². The SMILES string of the molecule is CC(=O)N1CCCC1c1cccc(CCC(=O)N2CCC3(CCCCc4ccccc4OCCCC(=O)NC3)CC2)n1. The van der Waals surface area contributed by atoms with Crippen molar-refractivity contribution < 1.29 is 19.1 Å². The van der Waals surface area contributed by atoms with E-state index >= 15 is 0 Å². The summed E-state index contributed by atoms with van der Waals surface area (Å²) in [6.45, 7) is 5.09. The van der Waals surface area contributed by atoms with Crippen LogP contribution in [-0.2, 0) is 27.2 Å². The average molecular weight is 575 g/mol. The molecule has 8 heteroatoms. The highest BCUT2D eigenvalue weighted by molar-refractivity contribution is 5.77. The van der Waals surface area contributed by atoms with Crippen LogP contribution < -0.4 is 10.1 Å². The first-order valence-corrected chi connectivity index (χ1v) is 15.9. The highest BCUT2D eigenvalue weighted by Gasteiger charge is 2.36. The fourth-order valence-electron chi connectivity index (χ4n) is 6.87. The van der Waals surface area contributed by atoms with Crippen molar-refractivity contribution >= 4 is 17.7 Å². The monoisotopic (exact) mass is 574 g/mol. The molecule has 2 fully saturated rings. The molecule has 1 N–H and O–H groups in total. The van der Waals surface area contributed by atoms with E-state index in [1.165, 1.54) is 5.56 Å². The molecule has 0 saturated carbocycles. The van der Waals surface area contributed by atoms with E-state index in [0.29, 0.717) is 38.8 Å². The minimum atomic E-state index is 0.0341. The molecule has 8 nitrogen and oxygen atoms in total. The number of pyridine rings is 1. The van der Waals surface area contributed by atoms with Crippen molar-refractivity contribution in [3.8, 4) is 5.75 Å². The van der Waals surface area contributed by atoms with Crippen LogP contribution in [-0.4, -0.2) is 65.3 Å². The van der Waals surface area contributed by atoms with Crippen LogP contribution in [0.1, 0.15) is 94.1 Å². The average Bonchev–Trinajstić information content (AvgIpc) is 3.51. The summed E-state index contributed by atoms with van der Waals surface area (Å²) >= 11 is 0. The molecular weight excluding hydrogens is 528 g/mol. The third-order valence-corrected chi connectivity index (χ3v) is 9.44. The lowest BCUT2D eigenvalue weighted by atomic mass is 9.74. The van der Waals surface area contributed by atoms with Gasteiger partial charge in [-0.15, -0.1) is 0 Å². The number of benzene rings is 1. The van der Waals surface area contributed by atoms with Gasteiger partial charge in [-0.2, -0.15) is 0 Å². The van der Waals surface area contributed by atoms with Crippen LogP contribution in [0.3, 0.4) is 0 Å². The van der Waals surface area contributed by atoms with Crippen LogP contribution in [0.25, 0.3) is 0 Å². The van der Waals surface area contributed by atoms with Gasteiger partial charge in [-0.3, -0.25) is 19.4 Å². The normalized spacial score (nSPS) is 21.6. The third kappa shape index (κ3) is 7.69. The standard InChI is InChI=1S/C34H46N4O4/c1-26(39)38-21-7-13-30(38)29-12-6-11-28(36-29)16-17-33(41)37-22-19-34(20-23-37)18-5-4-10-27-9-2-3-14-31(27)42-24-8-15-32(40)35-25-34/h2-3,6,9,11-12,14,30H,4-5,7-8,10,13,15-25H2,1H3,(H,35,40). The summed E-state index contributed by atoms with van der Waals surface area (Å²) in [6, 6.07) is 14.3. The Bertz CT molecular complexity index is 1240. The summed E-state index contributed by atoms with van der Waals surface area (Å²) in [6.07, 6.45) is 10.2. The number of carbonyl (C=O) groups is 3. The highest BCUT2D eigenvalue weighted by atomic mass is 16.5. The molecule has 1 atom stereocenters. The summed E-state index contributed by atoms with van der Waals surface area (Å²) in [5, 5.41) is 3.21. The van der Waals surface area contributed by atoms with E-state index in [2.05, 4.69) is 17.4 Å². The van der Waals surface area contributed by atoms with Crippen molar-refractivity contribution in [3.05, 3.63) is 59.4 Å². The number of aryl methyl sites for hydroxylation is 2. The fraction of sp³-hybridized carbons (Fsp3) is 0.588. The largest absolute Gasteiger partial charge is 0.493 e. The molecule has 4 heterocycles. The Morgan fingerprint density at radius 3 is 2.64 bits per heavy atom. The second-order valence-corrected chi connectivity index (χ2v) is 12.3. The first kappa shape index (κ1) is 30.1. The smallest absolute Gasteiger partial charge is 0.222 e. The first-order chi connectivity index (χ1) is 20.4. The molecule has 1 aromatic heterocycles. The van der Waals surface area contributed by atoms with E-state index < -0.39 is 0 Å². The maximum absolute atomic E-state index is 13.2. The zero-order valence-electron chi connectivity index (χ0n) is 25.1. The highest BCUT2D eigenvalue weighted by Crippen LogP contribution is 2.37. The topological polar surface area (TPSA) is 91.8 Å². The van der Waals surface area contributed by atoms with Gasteiger partial charge in [0.1, 0.15) is 5.75 Å². The van der Waals surface area contributed by atoms with Crippen LogP contribution in [0.15, 0.2) is 42.5 Å². The van der Waals surface area contributed by atoms with Gasteiger partial charge in [-0.05, 0) is 87.0 Å². The Kier molecular flexibility index (Phi) is 10.1. The molecular formula is C34H46N4O4. The molecule has 226 valence electrons. The summed E-state index contributed by atoms with van der Waals surface area (Å²) in [5.41, 5.74) is 3.12. The van der Waals surface area contributed by atoms with E-state index in [9.17, 15) is 14.4 Å². The Labute approximate surface area is 250 Å². The predicted molar refractivity (Wildman–Crippen MR) is 162 cm³/mol. The molecule has 3 amide bonds. The molecule has 1 spiro atoms. The van der Waals surface area contributed by atoms with Crippen molar-refractivity contribution in [1.82, 2.24) is 20.1 Å². The molecule has 5 rings (SSSR count). The molecule has 0 aliphatic carbocycles. The van der Waals surface area contributed by atoms with E-state index in [1.54, 1.807) is 6.92 Å². The molecule has 2 saturated heterocycles. The molecule has 2 aromatic rings. The van der Waals surface area contributed by atoms with Crippen LogP contribution in [0.5, 0.6) is 5.75 Å². The lowest BCUT2D eigenvalue weighted by Gasteiger charge is -2.42. The van der Waals surface area contributed by atoms with Crippen LogP contribution in [0.2, 0.25) is 0 Å². The van der Waals surface area contributed by atoms with Crippen LogP contribution in [0, 0.1) is 5.41 Å². The zero-order chi connectivity index (χ0) is 29.4. The molecule has 1 aromatic carbocycles. The zero-order valence-corrected chi connectivity index (χ0v) is 25.1.